The van der Waals surface area contributed by atoms with Crippen molar-refractivity contribution < 1.29 is 37.0 Å². The van der Waals surface area contributed by atoms with E-state index in [-0.39, 0.29) is 31.8 Å². The van der Waals surface area contributed by atoms with Gasteiger partial charge in [0, 0.05) is 31.6 Å². The van der Waals surface area contributed by atoms with Gasteiger partial charge in [0.05, 0.1) is 12.5 Å². The Balaban J connectivity index is 1.81. The zero-order valence-corrected chi connectivity index (χ0v) is 19.9. The van der Waals surface area contributed by atoms with E-state index in [1.165, 1.54) is 12.0 Å². The Bertz CT molecular complexity index is 905. The van der Waals surface area contributed by atoms with Gasteiger partial charge in [0.2, 0.25) is 0 Å². The highest BCUT2D eigenvalue weighted by Gasteiger charge is 2.56. The number of esters is 1. The number of ether oxygens (including phenoxy) is 2. The number of rotatable bonds is 5. The summed E-state index contributed by atoms with van der Waals surface area (Å²) in [6.07, 6.45) is -5.13. The number of carbonyl (C=O) groups is 3. The number of carbonyl (C=O) groups excluding carboxylic acids is 3. The molecule has 2 amide bonds. The minimum atomic E-state index is -5.07. The molecular formula is C24H31F3N2O5. The summed E-state index contributed by atoms with van der Waals surface area (Å²) < 4.78 is 50.9. The van der Waals surface area contributed by atoms with Gasteiger partial charge < -0.3 is 19.3 Å². The normalized spacial score (nSPS) is 22.0. The topological polar surface area (TPSA) is 76.2 Å². The molecule has 1 aromatic carbocycles. The number of nitrogens with zero attached hydrogens (tertiary/aromatic N) is 2. The fraction of sp³-hybridized carbons (Fsp3) is 0.625. The van der Waals surface area contributed by atoms with E-state index in [1.54, 1.807) is 32.9 Å². The van der Waals surface area contributed by atoms with Crippen molar-refractivity contribution in [2.45, 2.75) is 63.8 Å². The lowest BCUT2D eigenvalue weighted by Crippen LogP contribution is -2.55. The predicted octanol–water partition coefficient (Wildman–Crippen LogP) is 4.12. The minimum Gasteiger partial charge on any atom is -0.469 e. The second-order valence-corrected chi connectivity index (χ2v) is 9.99. The fourth-order valence-electron chi connectivity index (χ4n) is 4.50. The quantitative estimate of drug-likeness (QED) is 0.588. The first-order chi connectivity index (χ1) is 15.8. The number of likely N-dealkylation sites (tertiary alicyclic amines) is 1. The molecule has 0 aromatic heterocycles. The van der Waals surface area contributed by atoms with Crippen molar-refractivity contribution >= 4 is 18.0 Å². The lowest BCUT2D eigenvalue weighted by Gasteiger charge is -2.42. The highest BCUT2D eigenvalue weighted by molar-refractivity contribution is 5.84. The van der Waals surface area contributed by atoms with Crippen molar-refractivity contribution in [1.29, 1.82) is 0 Å². The first kappa shape index (κ1) is 25.8. The van der Waals surface area contributed by atoms with E-state index in [1.807, 2.05) is 18.2 Å². The Morgan fingerprint density at radius 3 is 2.18 bits per heavy atom. The van der Waals surface area contributed by atoms with E-state index in [9.17, 15) is 27.6 Å². The van der Waals surface area contributed by atoms with Crippen LogP contribution in [0.5, 0.6) is 0 Å². The highest BCUT2D eigenvalue weighted by Crippen LogP contribution is 2.48. The molecule has 1 aliphatic heterocycles. The van der Waals surface area contributed by atoms with Crippen LogP contribution in [0, 0.1) is 5.41 Å². The van der Waals surface area contributed by atoms with Crippen LogP contribution < -0.4 is 0 Å². The van der Waals surface area contributed by atoms with Crippen LogP contribution >= 0.6 is 0 Å². The summed E-state index contributed by atoms with van der Waals surface area (Å²) in [7, 11) is 1.17. The van der Waals surface area contributed by atoms with Crippen molar-refractivity contribution in [2.24, 2.45) is 5.41 Å². The average molecular weight is 485 g/mol. The van der Waals surface area contributed by atoms with Gasteiger partial charge in [-0.05, 0) is 45.6 Å². The number of piperidine rings is 1. The van der Waals surface area contributed by atoms with Crippen LogP contribution in [0.25, 0.3) is 0 Å². The summed E-state index contributed by atoms with van der Waals surface area (Å²) in [6, 6.07) is 8.37. The van der Waals surface area contributed by atoms with Crippen molar-refractivity contribution in [3.05, 3.63) is 35.9 Å². The molecule has 1 aromatic rings. The van der Waals surface area contributed by atoms with E-state index >= 15 is 0 Å². The van der Waals surface area contributed by atoms with E-state index in [2.05, 4.69) is 0 Å². The van der Waals surface area contributed by atoms with E-state index < -0.39 is 47.7 Å². The number of benzene rings is 1. The summed E-state index contributed by atoms with van der Waals surface area (Å²) in [5.74, 6) is -2.88. The maximum Gasteiger partial charge on any atom is 0.471 e. The first-order valence-electron chi connectivity index (χ1n) is 11.3. The number of methoxy groups -OCH3 is 1. The van der Waals surface area contributed by atoms with Gasteiger partial charge in [-0.15, -0.1) is 0 Å². The van der Waals surface area contributed by atoms with Gasteiger partial charge in [0.25, 0.3) is 0 Å². The van der Waals surface area contributed by atoms with Crippen LogP contribution in [-0.2, 0) is 19.1 Å². The molecule has 2 fully saturated rings. The minimum absolute atomic E-state index is 0.0588. The SMILES string of the molecule is COC(=O)C1(CN(C(=O)C(F)(F)F)[C@@H]2C[C@H]2c2ccccc2)CCN(C(=O)OC(C)(C)C)CC1. The zero-order chi connectivity index (χ0) is 25.3. The third kappa shape index (κ3) is 5.82. The summed E-state index contributed by atoms with van der Waals surface area (Å²) >= 11 is 0. The van der Waals surface area contributed by atoms with Crippen LogP contribution in [0.4, 0.5) is 18.0 Å². The Morgan fingerprint density at radius 2 is 1.68 bits per heavy atom. The average Bonchev–Trinajstić information content (AvgIpc) is 3.56. The van der Waals surface area contributed by atoms with Gasteiger partial charge in [-0.1, -0.05) is 30.3 Å². The highest BCUT2D eigenvalue weighted by atomic mass is 19.4. The number of amides is 2. The van der Waals surface area contributed by atoms with Crippen molar-refractivity contribution in [1.82, 2.24) is 9.80 Å². The monoisotopic (exact) mass is 484 g/mol. The van der Waals surface area contributed by atoms with E-state index in [0.717, 1.165) is 10.5 Å². The molecule has 1 saturated carbocycles. The molecule has 0 N–H and O–H groups in total. The third-order valence-electron chi connectivity index (χ3n) is 6.35. The molecule has 1 heterocycles. The van der Waals surface area contributed by atoms with E-state index in [4.69, 9.17) is 9.47 Å². The Hall–Kier alpha value is -2.78. The molecule has 0 unspecified atom stereocenters. The van der Waals surface area contributed by atoms with Crippen LogP contribution in [0.1, 0.15) is 51.5 Å². The molecule has 1 aliphatic carbocycles. The molecule has 10 heteroatoms. The number of hydrogen-bond acceptors (Lipinski definition) is 5. The maximum absolute atomic E-state index is 13.5. The summed E-state index contributed by atoms with van der Waals surface area (Å²) in [5.41, 5.74) is -1.21. The molecule has 0 spiro atoms. The largest absolute Gasteiger partial charge is 0.471 e. The van der Waals surface area contributed by atoms with Crippen LogP contribution in [0.2, 0.25) is 0 Å². The Kier molecular flexibility index (Phi) is 7.19. The van der Waals surface area contributed by atoms with Gasteiger partial charge in [-0.3, -0.25) is 9.59 Å². The summed E-state index contributed by atoms with van der Waals surface area (Å²) in [6.45, 7) is 4.97. The fourth-order valence-corrected chi connectivity index (χ4v) is 4.50. The molecule has 0 bridgehead atoms. The van der Waals surface area contributed by atoms with Crippen molar-refractivity contribution in [3.63, 3.8) is 0 Å². The summed E-state index contributed by atoms with van der Waals surface area (Å²) in [4.78, 5) is 39.9. The van der Waals surface area contributed by atoms with Gasteiger partial charge in [0.1, 0.15) is 5.60 Å². The Morgan fingerprint density at radius 1 is 1.09 bits per heavy atom. The molecule has 2 atom stereocenters. The van der Waals surface area contributed by atoms with Gasteiger partial charge in [-0.25, -0.2) is 4.79 Å². The van der Waals surface area contributed by atoms with Gasteiger partial charge in [0.15, 0.2) is 0 Å². The molecular weight excluding hydrogens is 453 g/mol. The van der Waals surface area contributed by atoms with Crippen LogP contribution in [-0.4, -0.2) is 72.3 Å². The van der Waals surface area contributed by atoms with Crippen molar-refractivity contribution in [2.75, 3.05) is 26.7 Å². The Labute approximate surface area is 197 Å². The predicted molar refractivity (Wildman–Crippen MR) is 117 cm³/mol. The van der Waals surface area contributed by atoms with Gasteiger partial charge in [-0.2, -0.15) is 13.2 Å². The second kappa shape index (κ2) is 9.46. The molecule has 0 radical (unpaired) electrons. The zero-order valence-electron chi connectivity index (χ0n) is 19.9. The van der Waals surface area contributed by atoms with Gasteiger partial charge >= 0.3 is 24.1 Å². The van der Waals surface area contributed by atoms with Crippen LogP contribution in [0.15, 0.2) is 30.3 Å². The maximum atomic E-state index is 13.5. The lowest BCUT2D eigenvalue weighted by molar-refractivity contribution is -0.189. The van der Waals surface area contributed by atoms with E-state index in [0.29, 0.717) is 6.42 Å². The summed E-state index contributed by atoms with van der Waals surface area (Å²) in [5, 5.41) is 0. The third-order valence-corrected chi connectivity index (χ3v) is 6.35. The molecule has 3 rings (SSSR count). The second-order valence-electron chi connectivity index (χ2n) is 9.99. The lowest BCUT2D eigenvalue weighted by atomic mass is 9.77. The molecule has 2 aliphatic rings. The van der Waals surface area contributed by atoms with Crippen LogP contribution in [0.3, 0.4) is 0 Å². The number of halogens is 3. The number of hydrogen-bond donors (Lipinski definition) is 0. The molecule has 34 heavy (non-hydrogen) atoms. The smallest absolute Gasteiger partial charge is 0.469 e. The standard InChI is InChI=1S/C24H31F3N2O5/c1-22(2,3)34-21(32)28-12-10-23(11-13-28,20(31)33-4)15-29(19(30)24(25,26)27)18-14-17(18)16-8-6-5-7-9-16/h5-9,17-18H,10-15H2,1-4H3/t17-,18+/m0/s1. The molecule has 1 saturated heterocycles. The molecule has 188 valence electrons. The number of alkyl halides is 3. The van der Waals surface area contributed by atoms with Crippen molar-refractivity contribution in [3.8, 4) is 0 Å². The molecule has 7 nitrogen and oxygen atoms in total. The first-order valence-corrected chi connectivity index (χ1v) is 11.3.